The van der Waals surface area contributed by atoms with E-state index in [1.807, 2.05) is 55.5 Å². The van der Waals surface area contributed by atoms with Gasteiger partial charge in [-0.2, -0.15) is 0 Å². The highest BCUT2D eigenvalue weighted by Crippen LogP contribution is 2.35. The third kappa shape index (κ3) is 5.57. The van der Waals surface area contributed by atoms with Crippen LogP contribution in [0, 0.1) is 6.92 Å². The van der Waals surface area contributed by atoms with Crippen LogP contribution >= 0.6 is 0 Å². The van der Waals surface area contributed by atoms with Crippen LogP contribution in [-0.2, 0) is 10.2 Å². The second kappa shape index (κ2) is 8.78. The predicted octanol–water partition coefficient (Wildman–Crippen LogP) is 5.53. The molecule has 2 N–H and O–H groups in total. The number of benzene rings is 2. The van der Waals surface area contributed by atoms with Gasteiger partial charge in [-0.25, -0.2) is 4.98 Å². The van der Waals surface area contributed by atoms with Gasteiger partial charge in [0.05, 0.1) is 6.54 Å². The molecule has 1 heterocycles. The predicted molar refractivity (Wildman–Crippen MR) is 118 cm³/mol. The second-order valence-corrected chi connectivity index (χ2v) is 7.97. The van der Waals surface area contributed by atoms with Gasteiger partial charge in [-0.3, -0.25) is 4.79 Å². The number of amides is 1. The van der Waals surface area contributed by atoms with Crippen molar-refractivity contribution in [3.8, 4) is 11.6 Å². The zero-order valence-electron chi connectivity index (χ0n) is 17.3. The van der Waals surface area contributed by atoms with Crippen molar-refractivity contribution in [2.45, 2.75) is 33.1 Å². The van der Waals surface area contributed by atoms with E-state index in [0.29, 0.717) is 11.6 Å². The Hall–Kier alpha value is -3.34. The number of aryl methyl sites for hydroxylation is 1. The number of hydrogen-bond donors (Lipinski definition) is 2. The van der Waals surface area contributed by atoms with Crippen LogP contribution in [-0.4, -0.2) is 17.4 Å². The molecule has 0 atom stereocenters. The third-order valence-corrected chi connectivity index (χ3v) is 4.45. The summed E-state index contributed by atoms with van der Waals surface area (Å²) < 4.78 is 6.10. The molecule has 29 heavy (non-hydrogen) atoms. The fourth-order valence-corrected chi connectivity index (χ4v) is 2.89. The van der Waals surface area contributed by atoms with Gasteiger partial charge in [-0.15, -0.1) is 0 Å². The summed E-state index contributed by atoms with van der Waals surface area (Å²) in [5, 5.41) is 6.00. The summed E-state index contributed by atoms with van der Waals surface area (Å²) in [7, 11) is 0. The van der Waals surface area contributed by atoms with Gasteiger partial charge in [-0.05, 0) is 42.7 Å². The van der Waals surface area contributed by atoms with Crippen LogP contribution in [0.5, 0.6) is 11.6 Å². The Labute approximate surface area is 172 Å². The number of ether oxygens (including phenoxy) is 1. The summed E-state index contributed by atoms with van der Waals surface area (Å²) in [4.78, 5) is 16.7. The van der Waals surface area contributed by atoms with Gasteiger partial charge in [0.15, 0.2) is 0 Å². The highest BCUT2D eigenvalue weighted by atomic mass is 16.5. The van der Waals surface area contributed by atoms with Crippen LogP contribution in [0.4, 0.5) is 11.4 Å². The molecular formula is C24H27N3O2. The van der Waals surface area contributed by atoms with Crippen molar-refractivity contribution in [3.05, 3.63) is 78.0 Å². The Balaban J connectivity index is 1.71. The maximum Gasteiger partial charge on any atom is 0.243 e. The summed E-state index contributed by atoms with van der Waals surface area (Å²) in [6.45, 7) is 8.57. The Morgan fingerprint density at radius 3 is 2.45 bits per heavy atom. The van der Waals surface area contributed by atoms with Gasteiger partial charge in [0.1, 0.15) is 11.4 Å². The maximum absolute atomic E-state index is 12.4. The van der Waals surface area contributed by atoms with Gasteiger partial charge in [0.25, 0.3) is 0 Å². The van der Waals surface area contributed by atoms with Gasteiger partial charge in [-0.1, -0.05) is 56.7 Å². The molecule has 5 heteroatoms. The van der Waals surface area contributed by atoms with E-state index in [1.165, 1.54) is 5.56 Å². The first-order valence-corrected chi connectivity index (χ1v) is 9.66. The van der Waals surface area contributed by atoms with Crippen molar-refractivity contribution in [1.82, 2.24) is 4.98 Å². The van der Waals surface area contributed by atoms with Crippen molar-refractivity contribution >= 4 is 17.3 Å². The molecule has 0 spiro atoms. The monoisotopic (exact) mass is 389 g/mol. The SMILES string of the molecule is Cc1ccc(NCC(=O)Nc2cccnc2Oc2ccccc2C(C)(C)C)cc1. The van der Waals surface area contributed by atoms with Crippen LogP contribution < -0.4 is 15.4 Å². The van der Waals surface area contributed by atoms with Crippen LogP contribution in [0.3, 0.4) is 0 Å². The zero-order valence-corrected chi connectivity index (χ0v) is 17.3. The average Bonchev–Trinajstić information content (AvgIpc) is 2.69. The summed E-state index contributed by atoms with van der Waals surface area (Å²) >= 11 is 0. The zero-order chi connectivity index (χ0) is 20.9. The van der Waals surface area contributed by atoms with Crippen molar-refractivity contribution in [3.63, 3.8) is 0 Å². The van der Waals surface area contributed by atoms with E-state index in [2.05, 4.69) is 36.4 Å². The van der Waals surface area contributed by atoms with Gasteiger partial charge < -0.3 is 15.4 Å². The highest BCUT2D eigenvalue weighted by Gasteiger charge is 2.20. The smallest absolute Gasteiger partial charge is 0.243 e. The summed E-state index contributed by atoms with van der Waals surface area (Å²) in [5.74, 6) is 0.924. The molecule has 0 aliphatic rings. The van der Waals surface area contributed by atoms with E-state index in [0.717, 1.165) is 17.0 Å². The molecule has 2 aromatic carbocycles. The number of para-hydroxylation sites is 1. The topological polar surface area (TPSA) is 63.2 Å². The van der Waals surface area contributed by atoms with E-state index in [4.69, 9.17) is 4.74 Å². The van der Waals surface area contributed by atoms with Crippen LogP contribution in [0.25, 0.3) is 0 Å². The molecular weight excluding hydrogens is 362 g/mol. The first-order chi connectivity index (χ1) is 13.8. The lowest BCUT2D eigenvalue weighted by molar-refractivity contribution is -0.114. The Bertz CT molecular complexity index is 976. The second-order valence-electron chi connectivity index (χ2n) is 7.97. The van der Waals surface area contributed by atoms with E-state index >= 15 is 0 Å². The number of aromatic nitrogens is 1. The van der Waals surface area contributed by atoms with Crippen molar-refractivity contribution in [1.29, 1.82) is 0 Å². The van der Waals surface area contributed by atoms with E-state index in [1.54, 1.807) is 18.3 Å². The maximum atomic E-state index is 12.4. The molecule has 0 unspecified atom stereocenters. The molecule has 150 valence electrons. The Kier molecular flexibility index (Phi) is 6.17. The largest absolute Gasteiger partial charge is 0.437 e. The lowest BCUT2D eigenvalue weighted by atomic mass is 9.86. The van der Waals surface area contributed by atoms with E-state index in [-0.39, 0.29) is 17.9 Å². The summed E-state index contributed by atoms with van der Waals surface area (Å²) in [6, 6.07) is 19.3. The molecule has 0 saturated carbocycles. The first-order valence-electron chi connectivity index (χ1n) is 9.66. The lowest BCUT2D eigenvalue weighted by Gasteiger charge is -2.22. The minimum Gasteiger partial charge on any atom is -0.437 e. The van der Waals surface area contributed by atoms with Gasteiger partial charge in [0.2, 0.25) is 11.8 Å². The molecule has 0 aliphatic heterocycles. The number of pyridine rings is 1. The molecule has 5 nitrogen and oxygen atoms in total. The molecule has 0 radical (unpaired) electrons. The Morgan fingerprint density at radius 2 is 1.72 bits per heavy atom. The van der Waals surface area contributed by atoms with Crippen molar-refractivity contribution < 1.29 is 9.53 Å². The average molecular weight is 389 g/mol. The number of rotatable bonds is 6. The van der Waals surface area contributed by atoms with Crippen molar-refractivity contribution in [2.24, 2.45) is 0 Å². The highest BCUT2D eigenvalue weighted by molar-refractivity contribution is 5.94. The fourth-order valence-electron chi connectivity index (χ4n) is 2.89. The number of nitrogens with one attached hydrogen (secondary N) is 2. The molecule has 1 aromatic heterocycles. The number of hydrogen-bond acceptors (Lipinski definition) is 4. The lowest BCUT2D eigenvalue weighted by Crippen LogP contribution is -2.22. The number of nitrogens with zero attached hydrogens (tertiary/aromatic N) is 1. The first kappa shape index (κ1) is 20.4. The number of carbonyl (C=O) groups is 1. The van der Waals surface area contributed by atoms with Crippen LogP contribution in [0.1, 0.15) is 31.9 Å². The standard InChI is InChI=1S/C24H27N3O2/c1-17-11-13-18(14-12-17)26-16-22(28)27-20-9-7-15-25-23(20)29-21-10-6-5-8-19(21)24(2,3)4/h5-15,26H,16H2,1-4H3,(H,27,28). The summed E-state index contributed by atoms with van der Waals surface area (Å²) in [5.41, 5.74) is 3.60. The molecule has 0 saturated heterocycles. The third-order valence-electron chi connectivity index (χ3n) is 4.45. The quantitative estimate of drug-likeness (QED) is 0.582. The van der Waals surface area contributed by atoms with Gasteiger partial charge >= 0.3 is 0 Å². The minimum absolute atomic E-state index is 0.0766. The van der Waals surface area contributed by atoms with Crippen LogP contribution in [0.15, 0.2) is 66.9 Å². The fraction of sp³-hybridized carbons (Fsp3) is 0.250. The summed E-state index contributed by atoms with van der Waals surface area (Å²) in [6.07, 6.45) is 1.65. The Morgan fingerprint density at radius 1 is 1.00 bits per heavy atom. The normalized spacial score (nSPS) is 11.0. The molecule has 3 aromatic rings. The van der Waals surface area contributed by atoms with E-state index < -0.39 is 0 Å². The molecule has 0 bridgehead atoms. The molecule has 3 rings (SSSR count). The molecule has 0 fully saturated rings. The van der Waals surface area contributed by atoms with Crippen molar-refractivity contribution in [2.75, 3.05) is 17.2 Å². The number of carbonyl (C=O) groups excluding carboxylic acids is 1. The van der Waals surface area contributed by atoms with Crippen LogP contribution in [0.2, 0.25) is 0 Å². The van der Waals surface area contributed by atoms with E-state index in [9.17, 15) is 4.79 Å². The molecule has 0 aliphatic carbocycles. The molecule has 1 amide bonds. The van der Waals surface area contributed by atoms with Gasteiger partial charge in [0, 0.05) is 17.4 Å². The number of anilines is 2. The minimum atomic E-state index is -0.174.